The van der Waals surface area contributed by atoms with Crippen LogP contribution in [0.4, 0.5) is 5.13 Å². The van der Waals surface area contributed by atoms with E-state index in [4.69, 9.17) is 9.47 Å². The number of nitrogens with one attached hydrogen (secondary N) is 1. The van der Waals surface area contributed by atoms with Crippen LogP contribution in [-0.4, -0.2) is 30.1 Å². The fourth-order valence-corrected chi connectivity index (χ4v) is 3.54. The lowest BCUT2D eigenvalue weighted by Gasteiger charge is -2.16. The van der Waals surface area contributed by atoms with Gasteiger partial charge in [-0.15, -0.1) is 11.3 Å². The lowest BCUT2D eigenvalue weighted by Crippen LogP contribution is -2.23. The molecule has 4 rings (SSSR count). The fraction of sp³-hybridized carbons (Fsp3) is 0.136. The minimum atomic E-state index is -0.575. The van der Waals surface area contributed by atoms with E-state index >= 15 is 0 Å². The van der Waals surface area contributed by atoms with Crippen molar-refractivity contribution in [3.63, 3.8) is 0 Å². The average molecular weight is 406 g/mol. The minimum Gasteiger partial charge on any atom is -0.488 e. The lowest BCUT2D eigenvalue weighted by molar-refractivity contribution is -0.143. The number of carbonyl (C=O) groups is 2. The Morgan fingerprint density at radius 1 is 1.17 bits per heavy atom. The maximum Gasteiger partial charge on any atom is 0.338 e. The highest BCUT2D eigenvalue weighted by Gasteiger charge is 2.19. The van der Waals surface area contributed by atoms with Gasteiger partial charge in [0, 0.05) is 16.5 Å². The molecule has 29 heavy (non-hydrogen) atoms. The maximum atomic E-state index is 12.2. The minimum absolute atomic E-state index is 0.115. The summed E-state index contributed by atoms with van der Waals surface area (Å²) in [5.74, 6) is -0.301. The van der Waals surface area contributed by atoms with Gasteiger partial charge in [0.1, 0.15) is 12.4 Å². The van der Waals surface area contributed by atoms with Crippen LogP contribution in [0.3, 0.4) is 0 Å². The van der Waals surface area contributed by atoms with E-state index in [1.165, 1.54) is 16.9 Å². The van der Waals surface area contributed by atoms with Crippen LogP contribution >= 0.6 is 11.3 Å². The summed E-state index contributed by atoms with van der Waals surface area (Å²) in [6.45, 7) is 1.74. The van der Waals surface area contributed by atoms with E-state index in [0.29, 0.717) is 10.7 Å². The number of hydrogen-bond donors (Lipinski definition) is 1. The van der Waals surface area contributed by atoms with E-state index in [-0.39, 0.29) is 6.61 Å². The van der Waals surface area contributed by atoms with Crippen molar-refractivity contribution in [2.75, 3.05) is 18.5 Å². The van der Waals surface area contributed by atoms with E-state index in [2.05, 4.69) is 10.3 Å². The summed E-state index contributed by atoms with van der Waals surface area (Å²) in [5, 5.41) is 4.98. The quantitative estimate of drug-likeness (QED) is 0.646. The van der Waals surface area contributed by atoms with Gasteiger partial charge in [0.2, 0.25) is 0 Å². The molecule has 6 nitrogen and oxygen atoms in total. The Morgan fingerprint density at radius 2 is 1.97 bits per heavy atom. The van der Waals surface area contributed by atoms with Crippen LogP contribution in [0.1, 0.15) is 11.1 Å². The molecule has 2 aromatic carbocycles. The predicted molar refractivity (Wildman–Crippen MR) is 112 cm³/mol. The van der Waals surface area contributed by atoms with Gasteiger partial charge in [0.05, 0.1) is 11.3 Å². The number of amides is 1. The SMILES string of the molecule is Cc1ccc(-c2csc(NC(=O)COC(=O)C3=Cc4ccccc4OC3)n2)cc1. The van der Waals surface area contributed by atoms with Crippen LogP contribution in [0, 0.1) is 6.92 Å². The van der Waals surface area contributed by atoms with Crippen molar-refractivity contribution in [1.82, 2.24) is 4.98 Å². The molecule has 0 radical (unpaired) electrons. The number of anilines is 1. The number of hydrogen-bond acceptors (Lipinski definition) is 6. The third kappa shape index (κ3) is 4.52. The predicted octanol–water partition coefficient (Wildman–Crippen LogP) is 4.08. The number of fused-ring (bicyclic) bond motifs is 1. The van der Waals surface area contributed by atoms with Crippen LogP contribution in [0.25, 0.3) is 17.3 Å². The summed E-state index contributed by atoms with van der Waals surface area (Å²) in [6, 6.07) is 15.4. The number of benzene rings is 2. The monoisotopic (exact) mass is 406 g/mol. The second kappa shape index (κ2) is 8.28. The van der Waals surface area contributed by atoms with E-state index < -0.39 is 18.5 Å². The van der Waals surface area contributed by atoms with E-state index in [1.54, 1.807) is 6.08 Å². The number of rotatable bonds is 5. The van der Waals surface area contributed by atoms with E-state index in [1.807, 2.05) is 60.8 Å². The number of nitrogens with zero attached hydrogens (tertiary/aromatic N) is 1. The summed E-state index contributed by atoms with van der Waals surface area (Å²) >= 11 is 1.32. The molecule has 1 aliphatic heterocycles. The molecule has 1 aliphatic rings. The summed E-state index contributed by atoms with van der Waals surface area (Å²) in [5.41, 5.74) is 4.10. The van der Waals surface area contributed by atoms with Gasteiger partial charge in [0.15, 0.2) is 11.7 Å². The van der Waals surface area contributed by atoms with Crippen molar-refractivity contribution in [2.45, 2.75) is 6.92 Å². The zero-order valence-electron chi connectivity index (χ0n) is 15.7. The molecule has 0 spiro atoms. The summed E-state index contributed by atoms with van der Waals surface area (Å²) < 4.78 is 10.6. The molecular weight excluding hydrogens is 388 g/mol. The molecule has 0 atom stereocenters. The summed E-state index contributed by atoms with van der Waals surface area (Å²) in [4.78, 5) is 28.7. The van der Waals surface area contributed by atoms with Gasteiger partial charge in [0.25, 0.3) is 5.91 Å². The smallest absolute Gasteiger partial charge is 0.338 e. The first-order valence-electron chi connectivity index (χ1n) is 9.00. The Labute approximate surface area is 171 Å². The average Bonchev–Trinajstić information content (AvgIpc) is 3.20. The van der Waals surface area contributed by atoms with Gasteiger partial charge in [-0.05, 0) is 19.1 Å². The molecule has 2 heterocycles. The Kier molecular flexibility index (Phi) is 5.39. The van der Waals surface area contributed by atoms with Crippen molar-refractivity contribution >= 4 is 34.4 Å². The molecule has 0 fully saturated rings. The second-order valence-corrected chi connectivity index (χ2v) is 7.38. The maximum absolute atomic E-state index is 12.2. The Morgan fingerprint density at radius 3 is 2.79 bits per heavy atom. The highest BCUT2D eigenvalue weighted by molar-refractivity contribution is 7.14. The molecular formula is C22H18N2O4S. The molecule has 3 aromatic rings. The number of thiazole rings is 1. The summed E-state index contributed by atoms with van der Waals surface area (Å²) in [7, 11) is 0. The number of esters is 1. The number of aryl methyl sites for hydroxylation is 1. The Balaban J connectivity index is 1.32. The number of aromatic nitrogens is 1. The molecule has 0 bridgehead atoms. The molecule has 1 aromatic heterocycles. The third-order valence-corrected chi connectivity index (χ3v) is 5.08. The first-order chi connectivity index (χ1) is 14.1. The topological polar surface area (TPSA) is 77.5 Å². The van der Waals surface area contributed by atoms with Crippen molar-refractivity contribution in [2.24, 2.45) is 0 Å². The Bertz CT molecular complexity index is 1090. The van der Waals surface area contributed by atoms with Gasteiger partial charge in [-0.2, -0.15) is 0 Å². The van der Waals surface area contributed by atoms with E-state index in [9.17, 15) is 9.59 Å². The van der Waals surface area contributed by atoms with Gasteiger partial charge in [-0.1, -0.05) is 48.0 Å². The second-order valence-electron chi connectivity index (χ2n) is 6.52. The van der Waals surface area contributed by atoms with Gasteiger partial charge in [-0.25, -0.2) is 9.78 Å². The molecule has 0 saturated heterocycles. The van der Waals surface area contributed by atoms with Crippen molar-refractivity contribution in [3.8, 4) is 17.0 Å². The standard InChI is InChI=1S/C22H18N2O4S/c1-14-6-8-15(9-7-14)18-13-29-22(23-18)24-20(25)12-28-21(26)17-10-16-4-2-3-5-19(16)27-11-17/h2-10,13H,11-12H2,1H3,(H,23,24,25). The normalized spacial score (nSPS) is 12.4. The first-order valence-corrected chi connectivity index (χ1v) is 9.88. The van der Waals surface area contributed by atoms with Gasteiger partial charge >= 0.3 is 5.97 Å². The van der Waals surface area contributed by atoms with Crippen LogP contribution < -0.4 is 10.1 Å². The van der Waals surface area contributed by atoms with Crippen LogP contribution in [0.2, 0.25) is 0 Å². The van der Waals surface area contributed by atoms with Crippen molar-refractivity contribution in [1.29, 1.82) is 0 Å². The first kappa shape index (κ1) is 18.9. The van der Waals surface area contributed by atoms with Crippen LogP contribution in [0.15, 0.2) is 59.5 Å². The van der Waals surface area contributed by atoms with Crippen LogP contribution in [-0.2, 0) is 14.3 Å². The van der Waals surface area contributed by atoms with Crippen molar-refractivity contribution < 1.29 is 19.1 Å². The highest BCUT2D eigenvalue weighted by Crippen LogP contribution is 2.27. The zero-order valence-corrected chi connectivity index (χ0v) is 16.5. The molecule has 0 saturated carbocycles. The molecule has 146 valence electrons. The molecule has 0 aliphatic carbocycles. The van der Waals surface area contributed by atoms with Crippen molar-refractivity contribution in [3.05, 3.63) is 70.6 Å². The molecule has 1 N–H and O–H groups in total. The molecule has 7 heteroatoms. The highest BCUT2D eigenvalue weighted by atomic mass is 32.1. The third-order valence-electron chi connectivity index (χ3n) is 4.33. The lowest BCUT2D eigenvalue weighted by atomic mass is 10.1. The van der Waals surface area contributed by atoms with Crippen LogP contribution in [0.5, 0.6) is 5.75 Å². The number of ether oxygens (including phenoxy) is 2. The number of carbonyl (C=O) groups excluding carboxylic acids is 2. The van der Waals surface area contributed by atoms with Gasteiger partial charge in [-0.3, -0.25) is 10.1 Å². The number of para-hydroxylation sites is 1. The molecule has 0 unspecified atom stereocenters. The molecule has 1 amide bonds. The van der Waals surface area contributed by atoms with Gasteiger partial charge < -0.3 is 9.47 Å². The largest absolute Gasteiger partial charge is 0.488 e. The van der Waals surface area contributed by atoms with E-state index in [0.717, 1.165) is 22.6 Å². The zero-order chi connectivity index (χ0) is 20.2. The Hall–Kier alpha value is -3.45. The summed E-state index contributed by atoms with van der Waals surface area (Å²) in [6.07, 6.45) is 1.72. The fourth-order valence-electron chi connectivity index (χ4n) is 2.80.